The van der Waals surface area contributed by atoms with E-state index in [1.807, 2.05) is 6.92 Å². The molecule has 0 unspecified atom stereocenters. The van der Waals surface area contributed by atoms with E-state index < -0.39 is 0 Å². The molecule has 0 spiro atoms. The normalized spacial score (nSPS) is 10.5. The number of aromatic nitrogens is 2. The molecule has 106 valence electrons. The molecule has 6 N–H and O–H groups in total. The van der Waals surface area contributed by atoms with Crippen LogP contribution in [0.1, 0.15) is 20.1 Å². The maximum atomic E-state index is 11.4. The van der Waals surface area contributed by atoms with Crippen molar-refractivity contribution in [3.05, 3.63) is 37.8 Å². The van der Waals surface area contributed by atoms with Crippen LogP contribution in [0.15, 0.2) is 22.1 Å². The van der Waals surface area contributed by atoms with Crippen LogP contribution < -0.4 is 22.6 Å². The van der Waals surface area contributed by atoms with Gasteiger partial charge >= 0.3 is 0 Å². The van der Waals surface area contributed by atoms with Gasteiger partial charge in [0.05, 0.1) is 4.88 Å². The van der Waals surface area contributed by atoms with Crippen LogP contribution in [0.3, 0.4) is 0 Å². The van der Waals surface area contributed by atoms with E-state index in [9.17, 15) is 9.59 Å². The summed E-state index contributed by atoms with van der Waals surface area (Å²) in [5, 5.41) is 0.449. The molecule has 0 aromatic carbocycles. The summed E-state index contributed by atoms with van der Waals surface area (Å²) in [5.74, 6) is 5.54. The minimum absolute atomic E-state index is 0.182. The summed E-state index contributed by atoms with van der Waals surface area (Å²) in [6.45, 7) is 1.92. The summed E-state index contributed by atoms with van der Waals surface area (Å²) in [6, 6.07) is 3.00. The Kier molecular flexibility index (Phi) is 4.42. The van der Waals surface area contributed by atoms with Gasteiger partial charge in [0.2, 0.25) is 0 Å². The molecule has 0 saturated carbocycles. The standard InChI is InChI=1S/C11H13N5O2S2/c1-5-6(2-7(20-5)10(18)16-13)4-19-11-14-8(12)3-9(17)15-11/h2-3H,4,13H2,1H3,(H,16,18)(H3,12,14,15,17). The van der Waals surface area contributed by atoms with E-state index in [0.29, 0.717) is 15.8 Å². The monoisotopic (exact) mass is 311 g/mol. The molecule has 1 amide bonds. The lowest BCUT2D eigenvalue weighted by Crippen LogP contribution is -2.29. The molecular weight excluding hydrogens is 298 g/mol. The highest BCUT2D eigenvalue weighted by Crippen LogP contribution is 2.27. The van der Waals surface area contributed by atoms with Gasteiger partial charge in [-0.05, 0) is 18.6 Å². The zero-order valence-electron chi connectivity index (χ0n) is 10.6. The largest absolute Gasteiger partial charge is 0.383 e. The molecule has 0 bridgehead atoms. The fraction of sp³-hybridized carbons (Fsp3) is 0.182. The summed E-state index contributed by atoms with van der Waals surface area (Å²) < 4.78 is 0. The predicted molar refractivity (Wildman–Crippen MR) is 79.5 cm³/mol. The van der Waals surface area contributed by atoms with Gasteiger partial charge in [-0.15, -0.1) is 11.3 Å². The second-order valence-corrected chi connectivity index (χ2v) is 6.15. The number of hydrogen-bond acceptors (Lipinski definition) is 7. The van der Waals surface area contributed by atoms with Crippen molar-refractivity contribution >= 4 is 34.8 Å². The summed E-state index contributed by atoms with van der Waals surface area (Å²) in [4.78, 5) is 30.9. The van der Waals surface area contributed by atoms with Crippen LogP contribution in [-0.2, 0) is 5.75 Å². The maximum Gasteiger partial charge on any atom is 0.275 e. The Hall–Kier alpha value is -1.84. The van der Waals surface area contributed by atoms with E-state index in [0.717, 1.165) is 10.4 Å². The van der Waals surface area contributed by atoms with Crippen LogP contribution >= 0.6 is 23.1 Å². The summed E-state index contributed by atoms with van der Waals surface area (Å²) in [7, 11) is 0. The number of hydrazine groups is 1. The van der Waals surface area contributed by atoms with Gasteiger partial charge in [0.1, 0.15) is 5.82 Å². The quantitative estimate of drug-likeness (QED) is 0.215. The third-order valence-electron chi connectivity index (χ3n) is 2.48. The third kappa shape index (κ3) is 3.38. The molecule has 0 fully saturated rings. The van der Waals surface area contributed by atoms with Crippen LogP contribution in [0, 0.1) is 6.92 Å². The predicted octanol–water partition coefficient (Wildman–Crippen LogP) is 0.618. The van der Waals surface area contributed by atoms with E-state index in [1.54, 1.807) is 6.07 Å². The summed E-state index contributed by atoms with van der Waals surface area (Å²) in [5.41, 5.74) is 8.31. The number of anilines is 1. The lowest BCUT2D eigenvalue weighted by atomic mass is 10.3. The maximum absolute atomic E-state index is 11.4. The number of H-pyrrole nitrogens is 1. The highest BCUT2D eigenvalue weighted by atomic mass is 32.2. The van der Waals surface area contributed by atoms with Gasteiger partial charge in [0.15, 0.2) is 5.16 Å². The topological polar surface area (TPSA) is 127 Å². The number of nitrogens with zero attached hydrogens (tertiary/aromatic N) is 1. The summed E-state index contributed by atoms with van der Waals surface area (Å²) in [6.07, 6.45) is 0. The van der Waals surface area contributed by atoms with E-state index in [-0.39, 0.29) is 17.3 Å². The molecule has 2 rings (SSSR count). The van der Waals surface area contributed by atoms with Crippen molar-refractivity contribution in [2.75, 3.05) is 5.73 Å². The van der Waals surface area contributed by atoms with Crippen molar-refractivity contribution in [2.24, 2.45) is 5.84 Å². The van der Waals surface area contributed by atoms with Gasteiger partial charge in [0, 0.05) is 16.7 Å². The van der Waals surface area contributed by atoms with Crippen LogP contribution in [0.2, 0.25) is 0 Å². The number of aryl methyl sites for hydroxylation is 1. The Balaban J connectivity index is 2.12. The smallest absolute Gasteiger partial charge is 0.275 e. The van der Waals surface area contributed by atoms with Crippen molar-refractivity contribution in [1.29, 1.82) is 0 Å². The van der Waals surface area contributed by atoms with Crippen LogP contribution in [0.4, 0.5) is 5.82 Å². The first-order valence-electron chi connectivity index (χ1n) is 5.59. The number of thiophene rings is 1. The van der Waals surface area contributed by atoms with E-state index >= 15 is 0 Å². The number of hydrogen-bond donors (Lipinski definition) is 4. The minimum atomic E-state index is -0.315. The molecule has 9 heteroatoms. The second-order valence-electron chi connectivity index (χ2n) is 3.93. The number of amides is 1. The number of nitrogens with two attached hydrogens (primary N) is 2. The van der Waals surface area contributed by atoms with Gasteiger partial charge < -0.3 is 10.7 Å². The van der Waals surface area contributed by atoms with Gasteiger partial charge in [-0.2, -0.15) is 0 Å². The summed E-state index contributed by atoms with van der Waals surface area (Å²) >= 11 is 2.71. The van der Waals surface area contributed by atoms with Crippen molar-refractivity contribution in [3.8, 4) is 0 Å². The molecule has 0 radical (unpaired) electrons. The first-order chi connectivity index (χ1) is 9.49. The highest BCUT2D eigenvalue weighted by molar-refractivity contribution is 7.98. The number of carbonyl (C=O) groups is 1. The van der Waals surface area contributed by atoms with Gasteiger partial charge in [0.25, 0.3) is 11.5 Å². The third-order valence-corrected chi connectivity index (χ3v) is 4.49. The molecule has 0 atom stereocenters. The molecule has 0 aliphatic heterocycles. The van der Waals surface area contributed by atoms with E-state index in [1.165, 1.54) is 29.2 Å². The van der Waals surface area contributed by atoms with E-state index in [2.05, 4.69) is 15.4 Å². The fourth-order valence-electron chi connectivity index (χ4n) is 1.51. The molecule has 0 saturated heterocycles. The molecule has 2 aromatic heterocycles. The van der Waals surface area contributed by atoms with Crippen molar-refractivity contribution < 1.29 is 4.79 Å². The fourth-order valence-corrected chi connectivity index (χ4v) is 3.48. The van der Waals surface area contributed by atoms with Crippen molar-refractivity contribution in [1.82, 2.24) is 15.4 Å². The van der Waals surface area contributed by atoms with Crippen molar-refractivity contribution in [3.63, 3.8) is 0 Å². The lowest BCUT2D eigenvalue weighted by molar-refractivity contribution is 0.0957. The molecule has 0 aliphatic carbocycles. The highest BCUT2D eigenvalue weighted by Gasteiger charge is 2.12. The number of thioether (sulfide) groups is 1. The number of rotatable bonds is 4. The van der Waals surface area contributed by atoms with Crippen LogP contribution in [0.25, 0.3) is 0 Å². The zero-order valence-corrected chi connectivity index (χ0v) is 12.2. The van der Waals surface area contributed by atoms with Crippen LogP contribution in [-0.4, -0.2) is 15.9 Å². The van der Waals surface area contributed by atoms with Gasteiger partial charge in [-0.3, -0.25) is 15.0 Å². The number of carbonyl (C=O) groups excluding carboxylic acids is 1. The number of nitrogens with one attached hydrogen (secondary N) is 2. The molecule has 20 heavy (non-hydrogen) atoms. The average molecular weight is 311 g/mol. The zero-order chi connectivity index (χ0) is 14.7. The van der Waals surface area contributed by atoms with Crippen molar-refractivity contribution in [2.45, 2.75) is 17.8 Å². The molecule has 7 nitrogen and oxygen atoms in total. The lowest BCUT2D eigenvalue weighted by Gasteiger charge is -2.01. The Morgan fingerprint density at radius 2 is 2.30 bits per heavy atom. The Labute approximate surface area is 122 Å². The SMILES string of the molecule is Cc1sc(C(=O)NN)cc1CSc1nc(N)cc(=O)[nH]1. The minimum Gasteiger partial charge on any atom is -0.383 e. The number of aromatic amines is 1. The number of nitrogen functional groups attached to an aromatic ring is 2. The van der Waals surface area contributed by atoms with E-state index in [4.69, 9.17) is 11.6 Å². The van der Waals surface area contributed by atoms with Crippen LogP contribution in [0.5, 0.6) is 0 Å². The first kappa shape index (κ1) is 14.6. The molecule has 2 aromatic rings. The first-order valence-corrected chi connectivity index (χ1v) is 7.39. The Morgan fingerprint density at radius 3 is 2.95 bits per heavy atom. The van der Waals surface area contributed by atoms with Gasteiger partial charge in [-0.25, -0.2) is 10.8 Å². The molecular formula is C11H13N5O2S2. The Bertz CT molecular complexity index is 694. The second kappa shape index (κ2) is 6.07. The average Bonchev–Trinajstić information content (AvgIpc) is 2.76. The Morgan fingerprint density at radius 1 is 1.55 bits per heavy atom. The van der Waals surface area contributed by atoms with Gasteiger partial charge in [-0.1, -0.05) is 11.8 Å². The molecule has 0 aliphatic rings. The molecule has 2 heterocycles.